The molecule has 1 aliphatic carbocycles. The minimum atomic E-state index is -0.316. The van der Waals surface area contributed by atoms with Gasteiger partial charge in [-0.15, -0.1) is 11.6 Å². The predicted octanol–water partition coefficient (Wildman–Crippen LogP) is 5.01. The van der Waals surface area contributed by atoms with Crippen LogP contribution in [-0.4, -0.2) is 12.0 Å². The Balaban J connectivity index is 2.06. The second-order valence-corrected chi connectivity index (χ2v) is 6.27. The number of hydrogen-bond acceptors (Lipinski definition) is 1. The number of halogens is 2. The Morgan fingerprint density at radius 2 is 2.10 bits per heavy atom. The third-order valence-electron chi connectivity index (χ3n) is 4.23. The van der Waals surface area contributed by atoms with Gasteiger partial charge in [-0.1, -0.05) is 25.7 Å². The van der Waals surface area contributed by atoms with Crippen LogP contribution in [-0.2, 0) is 0 Å². The molecule has 0 spiro atoms. The lowest BCUT2D eigenvalue weighted by atomic mass is 9.80. The normalized spacial score (nSPS) is 25.0. The molecule has 0 amide bonds. The minimum Gasteiger partial charge on any atom is -0.487 e. The zero-order valence-corrected chi connectivity index (χ0v) is 13.4. The van der Waals surface area contributed by atoms with Crippen molar-refractivity contribution < 1.29 is 9.13 Å². The van der Waals surface area contributed by atoms with Crippen molar-refractivity contribution in [2.24, 2.45) is 11.8 Å². The van der Waals surface area contributed by atoms with Crippen LogP contribution in [0.25, 0.3) is 0 Å². The first-order chi connectivity index (χ1) is 10.1. The molecule has 114 valence electrons. The van der Waals surface area contributed by atoms with Gasteiger partial charge in [-0.2, -0.15) is 0 Å². The Morgan fingerprint density at radius 3 is 2.81 bits per heavy atom. The van der Waals surface area contributed by atoms with Crippen molar-refractivity contribution in [1.29, 1.82) is 0 Å². The maximum atomic E-state index is 13.9. The van der Waals surface area contributed by atoms with Gasteiger partial charge in [0.05, 0.1) is 6.10 Å². The molecule has 1 saturated carbocycles. The number of benzene rings is 1. The number of hydrogen-bond donors (Lipinski definition) is 0. The van der Waals surface area contributed by atoms with Crippen molar-refractivity contribution in [3.05, 3.63) is 29.6 Å². The predicted molar refractivity (Wildman–Crippen MR) is 85.2 cm³/mol. The summed E-state index contributed by atoms with van der Waals surface area (Å²) >= 11 is 5.59. The molecule has 21 heavy (non-hydrogen) atoms. The molecule has 0 N–H and O–H groups in total. The molecule has 1 aliphatic rings. The number of rotatable bonds is 3. The third-order valence-corrected chi connectivity index (χ3v) is 4.42. The molecule has 1 aromatic rings. The average Bonchev–Trinajstić information content (AvgIpc) is 2.46. The van der Waals surface area contributed by atoms with Gasteiger partial charge in [0.1, 0.15) is 0 Å². The fourth-order valence-corrected chi connectivity index (χ4v) is 2.76. The van der Waals surface area contributed by atoms with Crippen LogP contribution in [0.15, 0.2) is 18.2 Å². The maximum Gasteiger partial charge on any atom is 0.165 e. The summed E-state index contributed by atoms with van der Waals surface area (Å²) in [6.45, 7) is 4.51. The Kier molecular flexibility index (Phi) is 5.94. The fraction of sp³-hybridized carbons (Fsp3) is 0.556. The van der Waals surface area contributed by atoms with E-state index < -0.39 is 0 Å². The zero-order valence-electron chi connectivity index (χ0n) is 12.7. The highest BCUT2D eigenvalue weighted by Gasteiger charge is 2.26. The van der Waals surface area contributed by atoms with Gasteiger partial charge in [0, 0.05) is 17.9 Å². The summed E-state index contributed by atoms with van der Waals surface area (Å²) in [5.41, 5.74) is 0.772. The minimum absolute atomic E-state index is 0.108. The summed E-state index contributed by atoms with van der Waals surface area (Å²) < 4.78 is 19.8. The highest BCUT2D eigenvalue weighted by molar-refractivity contribution is 6.18. The molecular formula is C18H22ClFO. The van der Waals surface area contributed by atoms with Crippen LogP contribution in [0.1, 0.15) is 45.1 Å². The van der Waals surface area contributed by atoms with Gasteiger partial charge in [0.25, 0.3) is 0 Å². The summed E-state index contributed by atoms with van der Waals surface area (Å²) in [6.07, 6.45) is 3.86. The maximum absolute atomic E-state index is 13.9. The molecule has 0 aromatic heterocycles. The van der Waals surface area contributed by atoms with E-state index in [2.05, 4.69) is 25.7 Å². The molecule has 0 bridgehead atoms. The summed E-state index contributed by atoms with van der Waals surface area (Å²) in [4.78, 5) is 0. The third kappa shape index (κ3) is 4.64. The summed E-state index contributed by atoms with van der Waals surface area (Å²) in [6, 6.07) is 4.79. The second kappa shape index (κ2) is 7.71. The van der Waals surface area contributed by atoms with Crippen molar-refractivity contribution in [3.63, 3.8) is 0 Å². The number of alkyl halides is 1. The summed E-state index contributed by atoms with van der Waals surface area (Å²) in [7, 11) is 0. The van der Waals surface area contributed by atoms with Crippen molar-refractivity contribution in [2.45, 2.75) is 45.6 Å². The van der Waals surface area contributed by atoms with Crippen LogP contribution in [0.3, 0.4) is 0 Å². The van der Waals surface area contributed by atoms with Crippen LogP contribution in [0, 0.1) is 29.5 Å². The van der Waals surface area contributed by atoms with Crippen LogP contribution in [0.2, 0.25) is 0 Å². The van der Waals surface area contributed by atoms with E-state index in [1.54, 1.807) is 12.1 Å². The first kappa shape index (κ1) is 16.2. The average molecular weight is 309 g/mol. The highest BCUT2D eigenvalue weighted by Crippen LogP contribution is 2.32. The lowest BCUT2D eigenvalue weighted by Crippen LogP contribution is -2.29. The summed E-state index contributed by atoms with van der Waals surface area (Å²) in [5.74, 6) is 7.80. The van der Waals surface area contributed by atoms with Gasteiger partial charge < -0.3 is 4.74 Å². The molecule has 3 atom stereocenters. The lowest BCUT2D eigenvalue weighted by molar-refractivity contribution is 0.0968. The molecule has 0 aliphatic heterocycles. The van der Waals surface area contributed by atoms with E-state index in [0.29, 0.717) is 24.0 Å². The first-order valence-corrected chi connectivity index (χ1v) is 8.14. The van der Waals surface area contributed by atoms with E-state index in [1.807, 2.05) is 0 Å². The van der Waals surface area contributed by atoms with Crippen LogP contribution in [0.4, 0.5) is 4.39 Å². The Labute approximate surface area is 131 Å². The molecule has 1 aromatic carbocycles. The Bertz CT molecular complexity index is 532. The van der Waals surface area contributed by atoms with Gasteiger partial charge in [0.15, 0.2) is 11.6 Å². The van der Waals surface area contributed by atoms with Crippen LogP contribution in [0.5, 0.6) is 5.75 Å². The van der Waals surface area contributed by atoms with E-state index in [4.69, 9.17) is 16.3 Å². The van der Waals surface area contributed by atoms with Crippen LogP contribution >= 0.6 is 11.6 Å². The highest BCUT2D eigenvalue weighted by atomic mass is 35.5. The second-order valence-electron chi connectivity index (χ2n) is 5.89. The van der Waals surface area contributed by atoms with Gasteiger partial charge in [-0.25, -0.2) is 4.39 Å². The molecule has 2 rings (SSSR count). The largest absolute Gasteiger partial charge is 0.487 e. The van der Waals surface area contributed by atoms with Crippen molar-refractivity contribution >= 4 is 11.6 Å². The summed E-state index contributed by atoms with van der Waals surface area (Å²) in [5, 5.41) is 0. The monoisotopic (exact) mass is 308 g/mol. The molecule has 0 heterocycles. The first-order valence-electron chi connectivity index (χ1n) is 7.61. The molecule has 0 saturated heterocycles. The van der Waals surface area contributed by atoms with E-state index in [0.717, 1.165) is 30.7 Å². The van der Waals surface area contributed by atoms with Gasteiger partial charge in [-0.05, 0) is 49.3 Å². The smallest absolute Gasteiger partial charge is 0.165 e. The SMILES string of the molecule is CC1CCC(Oc2cc(C#CCCCl)ccc2F)CC1C. The zero-order chi connectivity index (χ0) is 15.2. The van der Waals surface area contributed by atoms with Gasteiger partial charge >= 0.3 is 0 Å². The Morgan fingerprint density at radius 1 is 1.29 bits per heavy atom. The molecule has 1 fully saturated rings. The van der Waals surface area contributed by atoms with Crippen molar-refractivity contribution in [3.8, 4) is 17.6 Å². The van der Waals surface area contributed by atoms with E-state index in [1.165, 1.54) is 6.07 Å². The van der Waals surface area contributed by atoms with Crippen LogP contribution < -0.4 is 4.74 Å². The quantitative estimate of drug-likeness (QED) is 0.563. The molecule has 3 unspecified atom stereocenters. The standard InChI is InChI=1S/C18H22ClFO/c1-13-6-8-16(11-14(13)2)21-18-12-15(5-3-4-10-19)7-9-17(18)20/h7,9,12-14,16H,4,6,8,10-11H2,1-2H3. The molecular weight excluding hydrogens is 287 g/mol. The van der Waals surface area contributed by atoms with Gasteiger partial charge in [0.2, 0.25) is 0 Å². The van der Waals surface area contributed by atoms with Crippen molar-refractivity contribution in [2.75, 3.05) is 5.88 Å². The molecule has 0 radical (unpaired) electrons. The topological polar surface area (TPSA) is 9.23 Å². The van der Waals surface area contributed by atoms with E-state index in [9.17, 15) is 4.39 Å². The van der Waals surface area contributed by atoms with E-state index in [-0.39, 0.29) is 11.9 Å². The molecule has 3 heteroatoms. The Hall–Kier alpha value is -1.20. The van der Waals surface area contributed by atoms with Crippen molar-refractivity contribution in [1.82, 2.24) is 0 Å². The molecule has 1 nitrogen and oxygen atoms in total. The van der Waals surface area contributed by atoms with Gasteiger partial charge in [-0.3, -0.25) is 0 Å². The van der Waals surface area contributed by atoms with E-state index >= 15 is 0 Å². The number of ether oxygens (including phenoxy) is 1. The fourth-order valence-electron chi connectivity index (χ4n) is 2.67. The lowest BCUT2D eigenvalue weighted by Gasteiger charge is -2.32.